The lowest BCUT2D eigenvalue weighted by molar-refractivity contribution is -0.141. The van der Waals surface area contributed by atoms with Gasteiger partial charge >= 0.3 is 0 Å². The molecule has 1 aliphatic carbocycles. The van der Waals surface area contributed by atoms with Gasteiger partial charge in [0, 0.05) is 25.9 Å². The number of nitrogens with zero attached hydrogens (tertiary/aromatic N) is 1. The molecule has 0 atom stereocenters. The largest absolute Gasteiger partial charge is 0.368 e. The van der Waals surface area contributed by atoms with Crippen LogP contribution in [0.4, 0.5) is 0 Å². The minimum Gasteiger partial charge on any atom is -0.368 e. The van der Waals surface area contributed by atoms with E-state index in [1.54, 1.807) is 4.90 Å². The van der Waals surface area contributed by atoms with Crippen molar-refractivity contribution in [1.29, 1.82) is 0 Å². The van der Waals surface area contributed by atoms with Crippen molar-refractivity contribution in [3.8, 4) is 0 Å². The summed E-state index contributed by atoms with van der Waals surface area (Å²) in [5.41, 5.74) is 0. The van der Waals surface area contributed by atoms with Crippen LogP contribution in [0.5, 0.6) is 0 Å². The molecule has 0 aromatic carbocycles. The average Bonchev–Trinajstić information content (AvgIpc) is 2.38. The van der Waals surface area contributed by atoms with E-state index in [1.165, 1.54) is 19.3 Å². The van der Waals surface area contributed by atoms with E-state index in [2.05, 4.69) is 0 Å². The molecule has 4 heteroatoms. The number of carbonyl (C=O) groups excluding carboxylic acids is 2. The quantitative estimate of drug-likeness (QED) is 0.750. The standard InChI is InChI=1S/C13H21NO3/c15-11-6-8-14(9-7-11)13(16)10-17-12-4-2-1-3-5-12/h12H,1-10H2. The number of hydrogen-bond acceptors (Lipinski definition) is 3. The summed E-state index contributed by atoms with van der Waals surface area (Å²) >= 11 is 0. The summed E-state index contributed by atoms with van der Waals surface area (Å²) in [6.07, 6.45) is 7.21. The van der Waals surface area contributed by atoms with Crippen LogP contribution >= 0.6 is 0 Å². The molecule has 0 unspecified atom stereocenters. The van der Waals surface area contributed by atoms with Crippen molar-refractivity contribution in [1.82, 2.24) is 4.90 Å². The van der Waals surface area contributed by atoms with E-state index in [0.29, 0.717) is 25.9 Å². The molecule has 1 amide bonds. The molecule has 96 valence electrons. The van der Waals surface area contributed by atoms with Gasteiger partial charge in [-0.2, -0.15) is 0 Å². The fourth-order valence-electron chi connectivity index (χ4n) is 2.52. The van der Waals surface area contributed by atoms with Gasteiger partial charge in [0.2, 0.25) is 5.91 Å². The molecule has 1 saturated heterocycles. The van der Waals surface area contributed by atoms with Crippen molar-refractivity contribution in [2.45, 2.75) is 51.0 Å². The molecule has 0 spiro atoms. The Hall–Kier alpha value is -0.900. The number of ketones is 1. The van der Waals surface area contributed by atoms with Crippen molar-refractivity contribution < 1.29 is 14.3 Å². The maximum atomic E-state index is 11.8. The Morgan fingerprint density at radius 3 is 2.47 bits per heavy atom. The molecule has 2 aliphatic rings. The lowest BCUT2D eigenvalue weighted by atomic mass is 9.98. The minimum absolute atomic E-state index is 0.0445. The van der Waals surface area contributed by atoms with Crippen molar-refractivity contribution in [3.63, 3.8) is 0 Å². The van der Waals surface area contributed by atoms with Gasteiger partial charge in [-0.3, -0.25) is 9.59 Å². The van der Waals surface area contributed by atoms with Gasteiger partial charge in [-0.15, -0.1) is 0 Å². The Morgan fingerprint density at radius 1 is 1.18 bits per heavy atom. The molecule has 2 fully saturated rings. The van der Waals surface area contributed by atoms with Gasteiger partial charge in [-0.25, -0.2) is 0 Å². The first-order chi connectivity index (χ1) is 8.25. The van der Waals surface area contributed by atoms with Crippen molar-refractivity contribution in [2.75, 3.05) is 19.7 Å². The lowest BCUT2D eigenvalue weighted by Gasteiger charge is -2.27. The zero-order chi connectivity index (χ0) is 12.1. The van der Waals surface area contributed by atoms with Crippen LogP contribution in [0.2, 0.25) is 0 Å². The van der Waals surface area contributed by atoms with Gasteiger partial charge in [0.15, 0.2) is 0 Å². The van der Waals surface area contributed by atoms with Crippen LogP contribution in [-0.4, -0.2) is 42.4 Å². The van der Waals surface area contributed by atoms with E-state index < -0.39 is 0 Å². The second-order valence-electron chi connectivity index (χ2n) is 4.99. The summed E-state index contributed by atoms with van der Waals surface area (Å²) in [4.78, 5) is 24.7. The Kier molecular flexibility index (Phi) is 4.54. The van der Waals surface area contributed by atoms with Crippen LogP contribution in [0.3, 0.4) is 0 Å². The number of rotatable bonds is 3. The summed E-state index contributed by atoms with van der Waals surface area (Å²) in [7, 11) is 0. The van der Waals surface area contributed by atoms with Crippen LogP contribution in [0, 0.1) is 0 Å². The summed E-state index contributed by atoms with van der Waals surface area (Å²) in [5.74, 6) is 0.310. The lowest BCUT2D eigenvalue weighted by Crippen LogP contribution is -2.41. The Balaban J connectivity index is 1.67. The molecule has 1 saturated carbocycles. The predicted octanol–water partition coefficient (Wildman–Crippen LogP) is 1.53. The predicted molar refractivity (Wildman–Crippen MR) is 63.6 cm³/mol. The first-order valence-corrected chi connectivity index (χ1v) is 6.67. The molecule has 1 aliphatic heterocycles. The van der Waals surface area contributed by atoms with Crippen LogP contribution in [0.15, 0.2) is 0 Å². The van der Waals surface area contributed by atoms with Gasteiger partial charge < -0.3 is 9.64 Å². The number of ether oxygens (including phenoxy) is 1. The maximum absolute atomic E-state index is 11.8. The molecule has 0 aromatic rings. The van der Waals surface area contributed by atoms with Crippen molar-refractivity contribution in [3.05, 3.63) is 0 Å². The highest BCUT2D eigenvalue weighted by Gasteiger charge is 2.22. The van der Waals surface area contributed by atoms with Gasteiger partial charge in [0.1, 0.15) is 12.4 Å². The fraction of sp³-hybridized carbons (Fsp3) is 0.846. The van der Waals surface area contributed by atoms with Gasteiger partial charge in [0.25, 0.3) is 0 Å². The molecule has 17 heavy (non-hydrogen) atoms. The molecule has 0 bridgehead atoms. The van der Waals surface area contributed by atoms with Crippen LogP contribution < -0.4 is 0 Å². The number of Topliss-reactive ketones (excluding diaryl/α,β-unsaturated/α-hetero) is 1. The molecular formula is C13H21NO3. The molecule has 0 aromatic heterocycles. The third kappa shape index (κ3) is 3.80. The third-order valence-electron chi connectivity index (χ3n) is 3.67. The number of piperidine rings is 1. The molecule has 4 nitrogen and oxygen atoms in total. The SMILES string of the molecule is O=C1CCN(C(=O)COC2CCCCC2)CC1. The molecule has 2 rings (SSSR count). The first kappa shape index (κ1) is 12.6. The highest BCUT2D eigenvalue weighted by atomic mass is 16.5. The van der Waals surface area contributed by atoms with Gasteiger partial charge in [0.05, 0.1) is 6.10 Å². The number of carbonyl (C=O) groups is 2. The molecule has 1 heterocycles. The van der Waals surface area contributed by atoms with E-state index in [4.69, 9.17) is 4.74 Å². The van der Waals surface area contributed by atoms with E-state index >= 15 is 0 Å². The Bertz CT molecular complexity index is 274. The molecule has 0 radical (unpaired) electrons. The van der Waals surface area contributed by atoms with Gasteiger partial charge in [-0.05, 0) is 12.8 Å². The van der Waals surface area contributed by atoms with E-state index in [9.17, 15) is 9.59 Å². The van der Waals surface area contributed by atoms with Crippen LogP contribution in [0.1, 0.15) is 44.9 Å². The highest BCUT2D eigenvalue weighted by molar-refractivity contribution is 5.83. The van der Waals surface area contributed by atoms with Crippen LogP contribution in [-0.2, 0) is 14.3 Å². The highest BCUT2D eigenvalue weighted by Crippen LogP contribution is 2.20. The van der Waals surface area contributed by atoms with Crippen LogP contribution in [0.25, 0.3) is 0 Å². The van der Waals surface area contributed by atoms with Crippen molar-refractivity contribution >= 4 is 11.7 Å². The average molecular weight is 239 g/mol. The summed E-state index contributed by atoms with van der Waals surface area (Å²) in [6.45, 7) is 1.34. The Labute approximate surface area is 102 Å². The minimum atomic E-state index is 0.0445. The van der Waals surface area contributed by atoms with E-state index in [-0.39, 0.29) is 24.4 Å². The monoisotopic (exact) mass is 239 g/mol. The smallest absolute Gasteiger partial charge is 0.248 e. The van der Waals surface area contributed by atoms with E-state index in [0.717, 1.165) is 12.8 Å². The fourth-order valence-corrected chi connectivity index (χ4v) is 2.52. The Morgan fingerprint density at radius 2 is 1.82 bits per heavy atom. The second-order valence-corrected chi connectivity index (χ2v) is 4.99. The van der Waals surface area contributed by atoms with Gasteiger partial charge in [-0.1, -0.05) is 19.3 Å². The summed E-state index contributed by atoms with van der Waals surface area (Å²) in [5, 5.41) is 0. The third-order valence-corrected chi connectivity index (χ3v) is 3.67. The number of amides is 1. The number of hydrogen-bond donors (Lipinski definition) is 0. The summed E-state index contributed by atoms with van der Waals surface area (Å²) < 4.78 is 5.65. The molecular weight excluding hydrogens is 218 g/mol. The first-order valence-electron chi connectivity index (χ1n) is 6.67. The van der Waals surface area contributed by atoms with E-state index in [1.807, 2.05) is 0 Å². The molecule has 0 N–H and O–H groups in total. The zero-order valence-corrected chi connectivity index (χ0v) is 10.3. The maximum Gasteiger partial charge on any atom is 0.248 e. The normalized spacial score (nSPS) is 22.8. The topological polar surface area (TPSA) is 46.6 Å². The number of likely N-dealkylation sites (tertiary alicyclic amines) is 1. The summed E-state index contributed by atoms with van der Waals surface area (Å²) in [6, 6.07) is 0. The van der Waals surface area contributed by atoms with Crippen molar-refractivity contribution in [2.24, 2.45) is 0 Å². The zero-order valence-electron chi connectivity index (χ0n) is 10.3. The second kappa shape index (κ2) is 6.15.